The number of imidazole rings is 1. The molecular weight excluding hydrogens is 388 g/mol. The standard InChI is InChI=1S/C22H19ClN4S/c1-14-6-11-19-20(12-14)26-21(25-19)17-4-2-3-5-18(17)27-22(28)24-13-15-7-9-16(23)10-8-15/h2-12H,13H2,1H3,(H,25,26)(H2,24,27,28). The van der Waals surface area contributed by atoms with Crippen LogP contribution in [0.3, 0.4) is 0 Å². The van der Waals surface area contributed by atoms with E-state index < -0.39 is 0 Å². The first kappa shape index (κ1) is 18.5. The summed E-state index contributed by atoms with van der Waals surface area (Å²) in [6.07, 6.45) is 0. The predicted octanol–water partition coefficient (Wildman–Crippen LogP) is 5.68. The number of H-pyrrole nitrogens is 1. The number of rotatable bonds is 4. The Morgan fingerprint density at radius 1 is 1.07 bits per heavy atom. The summed E-state index contributed by atoms with van der Waals surface area (Å²) in [6.45, 7) is 2.69. The number of aromatic nitrogens is 2. The summed E-state index contributed by atoms with van der Waals surface area (Å²) in [6, 6.07) is 21.8. The highest BCUT2D eigenvalue weighted by Gasteiger charge is 2.11. The van der Waals surface area contributed by atoms with Crippen LogP contribution in [0.5, 0.6) is 0 Å². The maximum atomic E-state index is 5.93. The molecule has 3 aromatic carbocycles. The molecule has 140 valence electrons. The van der Waals surface area contributed by atoms with E-state index in [1.807, 2.05) is 54.6 Å². The summed E-state index contributed by atoms with van der Waals surface area (Å²) in [5, 5.41) is 7.78. The number of fused-ring (bicyclic) bond motifs is 1. The van der Waals surface area contributed by atoms with Crippen molar-refractivity contribution < 1.29 is 0 Å². The van der Waals surface area contributed by atoms with Gasteiger partial charge in [0.2, 0.25) is 0 Å². The third-order valence-electron chi connectivity index (χ3n) is 4.43. The molecule has 0 aliphatic carbocycles. The number of nitrogens with zero attached hydrogens (tertiary/aromatic N) is 1. The Kier molecular flexibility index (Phi) is 5.28. The topological polar surface area (TPSA) is 52.7 Å². The Morgan fingerprint density at radius 3 is 2.68 bits per heavy atom. The van der Waals surface area contributed by atoms with E-state index >= 15 is 0 Å². The lowest BCUT2D eigenvalue weighted by atomic mass is 10.1. The first-order chi connectivity index (χ1) is 13.6. The van der Waals surface area contributed by atoms with Crippen molar-refractivity contribution in [2.75, 3.05) is 5.32 Å². The lowest BCUT2D eigenvalue weighted by Crippen LogP contribution is -2.28. The van der Waals surface area contributed by atoms with Crippen LogP contribution in [-0.2, 0) is 6.54 Å². The summed E-state index contributed by atoms with van der Waals surface area (Å²) in [7, 11) is 0. The van der Waals surface area contributed by atoms with E-state index in [0.717, 1.165) is 38.7 Å². The average Bonchev–Trinajstić information content (AvgIpc) is 3.11. The van der Waals surface area contributed by atoms with E-state index in [2.05, 4.69) is 34.7 Å². The number of aryl methyl sites for hydroxylation is 1. The van der Waals surface area contributed by atoms with Gasteiger partial charge in [-0.15, -0.1) is 0 Å². The van der Waals surface area contributed by atoms with Crippen LogP contribution < -0.4 is 10.6 Å². The van der Waals surface area contributed by atoms with Gasteiger partial charge in [0.15, 0.2) is 5.11 Å². The molecule has 4 aromatic rings. The number of hydrogen-bond donors (Lipinski definition) is 3. The number of benzene rings is 3. The largest absolute Gasteiger partial charge is 0.358 e. The molecule has 6 heteroatoms. The highest BCUT2D eigenvalue weighted by molar-refractivity contribution is 7.80. The molecule has 4 nitrogen and oxygen atoms in total. The van der Waals surface area contributed by atoms with Gasteiger partial charge in [0, 0.05) is 17.1 Å². The van der Waals surface area contributed by atoms with Crippen LogP contribution in [0.15, 0.2) is 66.7 Å². The first-order valence-electron chi connectivity index (χ1n) is 8.93. The molecule has 1 aromatic heterocycles. The molecule has 0 saturated carbocycles. The lowest BCUT2D eigenvalue weighted by molar-refractivity contribution is 0.926. The smallest absolute Gasteiger partial charge is 0.171 e. The first-order valence-corrected chi connectivity index (χ1v) is 9.72. The van der Waals surface area contributed by atoms with Gasteiger partial charge in [-0.25, -0.2) is 4.98 Å². The van der Waals surface area contributed by atoms with Gasteiger partial charge in [-0.2, -0.15) is 0 Å². The van der Waals surface area contributed by atoms with Crippen molar-refractivity contribution >= 4 is 45.7 Å². The minimum Gasteiger partial charge on any atom is -0.358 e. The van der Waals surface area contributed by atoms with E-state index in [-0.39, 0.29) is 0 Å². The van der Waals surface area contributed by atoms with Crippen molar-refractivity contribution in [2.45, 2.75) is 13.5 Å². The lowest BCUT2D eigenvalue weighted by Gasteiger charge is -2.13. The summed E-state index contributed by atoms with van der Waals surface area (Å²) in [4.78, 5) is 8.12. The van der Waals surface area contributed by atoms with Gasteiger partial charge in [0.1, 0.15) is 5.82 Å². The number of hydrogen-bond acceptors (Lipinski definition) is 2. The van der Waals surface area contributed by atoms with E-state index in [0.29, 0.717) is 11.7 Å². The maximum Gasteiger partial charge on any atom is 0.171 e. The van der Waals surface area contributed by atoms with Crippen LogP contribution in [0, 0.1) is 6.92 Å². The zero-order valence-corrected chi connectivity index (χ0v) is 16.9. The van der Waals surface area contributed by atoms with Crippen LogP contribution in [0.25, 0.3) is 22.4 Å². The Balaban J connectivity index is 1.52. The van der Waals surface area contributed by atoms with Gasteiger partial charge in [-0.1, -0.05) is 41.9 Å². The number of nitrogens with one attached hydrogen (secondary N) is 3. The monoisotopic (exact) mass is 406 g/mol. The van der Waals surface area contributed by atoms with Crippen molar-refractivity contribution in [3.8, 4) is 11.4 Å². The second-order valence-electron chi connectivity index (χ2n) is 6.59. The highest BCUT2D eigenvalue weighted by Crippen LogP contribution is 2.27. The molecule has 0 radical (unpaired) electrons. The van der Waals surface area contributed by atoms with E-state index in [1.165, 1.54) is 5.56 Å². The van der Waals surface area contributed by atoms with Gasteiger partial charge in [0.25, 0.3) is 0 Å². The second kappa shape index (κ2) is 8.00. The zero-order chi connectivity index (χ0) is 19.5. The SMILES string of the molecule is Cc1ccc2nc(-c3ccccc3NC(=S)NCc3ccc(Cl)cc3)[nH]c2c1. The van der Waals surface area contributed by atoms with Gasteiger partial charge in [0.05, 0.1) is 16.7 Å². The predicted molar refractivity (Wildman–Crippen MR) is 121 cm³/mol. The zero-order valence-electron chi connectivity index (χ0n) is 15.3. The molecule has 0 aliphatic rings. The van der Waals surface area contributed by atoms with Gasteiger partial charge >= 0.3 is 0 Å². The maximum absolute atomic E-state index is 5.93. The normalized spacial score (nSPS) is 10.8. The molecular formula is C22H19ClN4S. The third-order valence-corrected chi connectivity index (χ3v) is 4.93. The van der Waals surface area contributed by atoms with Crippen LogP contribution in [0.4, 0.5) is 5.69 Å². The van der Waals surface area contributed by atoms with Gasteiger partial charge in [-0.3, -0.25) is 0 Å². The van der Waals surface area contributed by atoms with E-state index in [1.54, 1.807) is 0 Å². The van der Waals surface area contributed by atoms with Crippen molar-refractivity contribution in [3.05, 3.63) is 82.9 Å². The van der Waals surface area contributed by atoms with Crippen molar-refractivity contribution in [1.29, 1.82) is 0 Å². The van der Waals surface area contributed by atoms with Crippen LogP contribution in [-0.4, -0.2) is 15.1 Å². The van der Waals surface area contributed by atoms with Crippen LogP contribution in [0.1, 0.15) is 11.1 Å². The molecule has 0 saturated heterocycles. The van der Waals surface area contributed by atoms with E-state index in [4.69, 9.17) is 28.8 Å². The Hall–Kier alpha value is -2.89. The Labute approximate surface area is 174 Å². The fraction of sp³-hybridized carbons (Fsp3) is 0.0909. The molecule has 4 rings (SSSR count). The molecule has 1 heterocycles. The molecule has 0 amide bonds. The minimum absolute atomic E-state index is 0.550. The quantitative estimate of drug-likeness (QED) is 0.382. The fourth-order valence-corrected chi connectivity index (χ4v) is 3.31. The fourth-order valence-electron chi connectivity index (χ4n) is 3.00. The molecule has 0 atom stereocenters. The highest BCUT2D eigenvalue weighted by atomic mass is 35.5. The molecule has 0 unspecified atom stereocenters. The number of anilines is 1. The minimum atomic E-state index is 0.550. The molecule has 28 heavy (non-hydrogen) atoms. The average molecular weight is 407 g/mol. The molecule has 0 bridgehead atoms. The summed E-state index contributed by atoms with van der Waals surface area (Å²) in [5.74, 6) is 0.809. The van der Waals surface area contributed by atoms with Crippen molar-refractivity contribution in [1.82, 2.24) is 15.3 Å². The third kappa shape index (κ3) is 4.16. The summed E-state index contributed by atoms with van der Waals surface area (Å²) >= 11 is 11.4. The molecule has 0 spiro atoms. The molecule has 0 fully saturated rings. The van der Waals surface area contributed by atoms with Gasteiger partial charge in [-0.05, 0) is 66.7 Å². The van der Waals surface area contributed by atoms with Crippen LogP contribution >= 0.6 is 23.8 Å². The van der Waals surface area contributed by atoms with Crippen molar-refractivity contribution in [2.24, 2.45) is 0 Å². The van der Waals surface area contributed by atoms with E-state index in [9.17, 15) is 0 Å². The Morgan fingerprint density at radius 2 is 1.86 bits per heavy atom. The second-order valence-corrected chi connectivity index (χ2v) is 7.43. The molecule has 0 aliphatic heterocycles. The van der Waals surface area contributed by atoms with Crippen LogP contribution in [0.2, 0.25) is 5.02 Å². The summed E-state index contributed by atoms with van der Waals surface area (Å²) < 4.78 is 0. The number of aromatic amines is 1. The number of para-hydroxylation sites is 1. The molecule has 3 N–H and O–H groups in total. The number of halogens is 1. The summed E-state index contributed by atoms with van der Waals surface area (Å²) in [5.41, 5.74) is 6.13. The number of thiocarbonyl (C=S) groups is 1. The van der Waals surface area contributed by atoms with Gasteiger partial charge < -0.3 is 15.6 Å². The van der Waals surface area contributed by atoms with Crippen molar-refractivity contribution in [3.63, 3.8) is 0 Å². The Bertz CT molecular complexity index is 1130.